The van der Waals surface area contributed by atoms with Crippen LogP contribution in [0.15, 0.2) is 36.5 Å². The summed E-state index contributed by atoms with van der Waals surface area (Å²) in [6.45, 7) is 2.84. The van der Waals surface area contributed by atoms with Gasteiger partial charge in [-0.3, -0.25) is 4.79 Å². The molecule has 0 bridgehead atoms. The van der Waals surface area contributed by atoms with E-state index in [0.29, 0.717) is 22.8 Å². The minimum Gasteiger partial charge on any atom is -0.398 e. The minimum atomic E-state index is -0.535. The van der Waals surface area contributed by atoms with Crippen molar-refractivity contribution in [2.75, 3.05) is 23.4 Å². The Labute approximate surface area is 164 Å². The Morgan fingerprint density at radius 2 is 2.11 bits per heavy atom. The topological polar surface area (TPSA) is 99.2 Å². The van der Waals surface area contributed by atoms with Gasteiger partial charge < -0.3 is 20.9 Å². The van der Waals surface area contributed by atoms with Crippen LogP contribution < -0.4 is 15.5 Å². The van der Waals surface area contributed by atoms with Crippen LogP contribution in [0.1, 0.15) is 37.6 Å². The largest absolute Gasteiger partial charge is 0.398 e. The summed E-state index contributed by atoms with van der Waals surface area (Å²) in [5.74, 6) is 1.24. The van der Waals surface area contributed by atoms with Gasteiger partial charge in [0.15, 0.2) is 11.6 Å². The van der Waals surface area contributed by atoms with E-state index >= 15 is 0 Å². The van der Waals surface area contributed by atoms with Gasteiger partial charge in [0.2, 0.25) is 0 Å². The average molecular weight is 376 g/mol. The van der Waals surface area contributed by atoms with Crippen LogP contribution in [0.25, 0.3) is 11.3 Å². The van der Waals surface area contributed by atoms with Gasteiger partial charge in [0.05, 0.1) is 17.5 Å². The minimum absolute atomic E-state index is 0.1000. The summed E-state index contributed by atoms with van der Waals surface area (Å²) in [4.78, 5) is 26.1. The summed E-state index contributed by atoms with van der Waals surface area (Å²) in [5, 5.41) is 7.89. The van der Waals surface area contributed by atoms with E-state index in [1.54, 1.807) is 18.1 Å². The maximum absolute atomic E-state index is 13.1. The van der Waals surface area contributed by atoms with Crippen molar-refractivity contribution in [3.63, 3.8) is 0 Å². The van der Waals surface area contributed by atoms with Crippen molar-refractivity contribution in [3.05, 3.63) is 47.9 Å². The van der Waals surface area contributed by atoms with Crippen LogP contribution in [-0.4, -0.2) is 41.2 Å². The molecule has 3 heterocycles. The maximum Gasteiger partial charge on any atom is 0.252 e. The molecule has 28 heavy (non-hydrogen) atoms. The number of benzene rings is 1. The second-order valence-electron chi connectivity index (χ2n) is 7.24. The molecule has 2 aliphatic rings. The van der Waals surface area contributed by atoms with Crippen LogP contribution in [0, 0.1) is 5.41 Å². The number of amides is 1. The molecule has 144 valence electrons. The molecule has 1 aromatic heterocycles. The van der Waals surface area contributed by atoms with Crippen LogP contribution in [-0.2, 0) is 4.79 Å². The Balaban J connectivity index is 1.86. The second kappa shape index (κ2) is 6.74. The molecule has 3 N–H and O–H groups in total. The molecule has 7 nitrogen and oxygen atoms in total. The third kappa shape index (κ3) is 2.50. The predicted octanol–water partition coefficient (Wildman–Crippen LogP) is 2.68. The van der Waals surface area contributed by atoms with Gasteiger partial charge in [0.1, 0.15) is 11.2 Å². The molecular formula is C21H24N6O. The van der Waals surface area contributed by atoms with Crippen molar-refractivity contribution in [2.24, 2.45) is 5.73 Å². The molecule has 4 rings (SSSR count). The lowest BCUT2D eigenvalue weighted by Crippen LogP contribution is -2.59. The van der Waals surface area contributed by atoms with E-state index in [1.165, 1.54) is 6.21 Å². The number of nitrogens with one attached hydrogen (secondary N) is 1. The predicted molar refractivity (Wildman–Crippen MR) is 111 cm³/mol. The molecule has 0 aliphatic carbocycles. The Bertz CT molecular complexity index is 970. The fourth-order valence-corrected chi connectivity index (χ4v) is 4.32. The van der Waals surface area contributed by atoms with Crippen LogP contribution in [0.4, 0.5) is 11.5 Å². The summed E-state index contributed by atoms with van der Waals surface area (Å²) in [7, 11) is 1.78. The molecule has 2 aromatic rings. The third-order valence-electron chi connectivity index (χ3n) is 5.90. The van der Waals surface area contributed by atoms with E-state index in [2.05, 4.69) is 9.88 Å². The molecule has 0 saturated carbocycles. The molecule has 1 unspecified atom stereocenters. The molecule has 0 spiro atoms. The SMILES string of the molecule is CCC12CCCN1c1nc(/C(C=N)=C(/N)c3ccccc3)ncc1N(C)C2=O. The summed E-state index contributed by atoms with van der Waals surface area (Å²) < 4.78 is 0. The van der Waals surface area contributed by atoms with Crippen molar-refractivity contribution < 1.29 is 4.79 Å². The number of likely N-dealkylation sites (N-methyl/N-ethyl adjacent to an activating group) is 1. The van der Waals surface area contributed by atoms with Gasteiger partial charge in [-0.25, -0.2) is 9.97 Å². The number of nitrogens with zero attached hydrogens (tertiary/aromatic N) is 4. The molecule has 1 aromatic carbocycles. The van der Waals surface area contributed by atoms with Crippen LogP contribution >= 0.6 is 0 Å². The lowest BCUT2D eigenvalue weighted by Gasteiger charge is -2.45. The molecule has 1 amide bonds. The molecular weight excluding hydrogens is 352 g/mol. The summed E-state index contributed by atoms with van der Waals surface area (Å²) in [5.41, 5.74) is 8.24. The summed E-state index contributed by atoms with van der Waals surface area (Å²) in [6.07, 6.45) is 5.36. The van der Waals surface area contributed by atoms with Crippen LogP contribution in [0.5, 0.6) is 0 Å². The second-order valence-corrected chi connectivity index (χ2v) is 7.24. The first-order valence-corrected chi connectivity index (χ1v) is 9.52. The van der Waals surface area contributed by atoms with Gasteiger partial charge in [0, 0.05) is 19.8 Å². The van der Waals surface area contributed by atoms with E-state index in [-0.39, 0.29) is 5.91 Å². The Morgan fingerprint density at radius 3 is 2.79 bits per heavy atom. The number of hydrogen-bond acceptors (Lipinski definition) is 6. The molecule has 1 fully saturated rings. The van der Waals surface area contributed by atoms with E-state index < -0.39 is 5.54 Å². The van der Waals surface area contributed by atoms with Crippen molar-refractivity contribution in [1.82, 2.24) is 9.97 Å². The van der Waals surface area contributed by atoms with Crippen molar-refractivity contribution in [2.45, 2.75) is 31.7 Å². The lowest BCUT2D eigenvalue weighted by molar-refractivity contribution is -0.123. The number of carbonyl (C=O) groups excluding carboxylic acids is 1. The van der Waals surface area contributed by atoms with Crippen molar-refractivity contribution in [1.29, 1.82) is 5.41 Å². The summed E-state index contributed by atoms with van der Waals surface area (Å²) >= 11 is 0. The van der Waals surface area contributed by atoms with Gasteiger partial charge in [-0.15, -0.1) is 0 Å². The summed E-state index contributed by atoms with van der Waals surface area (Å²) in [6, 6.07) is 9.51. The maximum atomic E-state index is 13.1. The number of nitrogens with two attached hydrogens (primary N) is 1. The number of rotatable bonds is 4. The van der Waals surface area contributed by atoms with Gasteiger partial charge >= 0.3 is 0 Å². The third-order valence-corrected chi connectivity index (χ3v) is 5.90. The Kier molecular flexibility index (Phi) is 4.37. The number of hydrogen-bond donors (Lipinski definition) is 2. The highest BCUT2D eigenvalue weighted by molar-refractivity contribution is 6.17. The van der Waals surface area contributed by atoms with Crippen LogP contribution in [0.2, 0.25) is 0 Å². The first-order chi connectivity index (χ1) is 13.5. The normalized spacial score (nSPS) is 21.9. The standard InChI is InChI=1S/C21H24N6O/c1-3-21-10-7-11-27(21)19-16(26(2)20(21)28)13-24-18(25-19)15(12-22)17(23)14-8-5-4-6-9-14/h4-6,8-9,12-13,22H,3,7,10-11,23H2,1-2H3/b17-15+,22-12?. The molecule has 0 radical (unpaired) electrons. The Morgan fingerprint density at radius 1 is 1.36 bits per heavy atom. The highest BCUT2D eigenvalue weighted by Crippen LogP contribution is 2.45. The average Bonchev–Trinajstić information content (AvgIpc) is 3.19. The van der Waals surface area contributed by atoms with E-state index in [4.69, 9.17) is 16.1 Å². The molecule has 1 atom stereocenters. The number of carbonyl (C=O) groups is 1. The lowest BCUT2D eigenvalue weighted by atomic mass is 9.89. The molecule has 7 heteroatoms. The van der Waals surface area contributed by atoms with Gasteiger partial charge in [-0.2, -0.15) is 0 Å². The fraction of sp³-hybridized carbons (Fsp3) is 0.333. The number of aromatic nitrogens is 2. The molecule has 1 saturated heterocycles. The quantitative estimate of drug-likeness (QED) is 0.799. The number of anilines is 2. The van der Waals surface area contributed by atoms with E-state index in [0.717, 1.165) is 37.2 Å². The van der Waals surface area contributed by atoms with Gasteiger partial charge in [-0.1, -0.05) is 37.3 Å². The van der Waals surface area contributed by atoms with Crippen LogP contribution in [0.3, 0.4) is 0 Å². The fourth-order valence-electron chi connectivity index (χ4n) is 4.32. The zero-order valence-corrected chi connectivity index (χ0v) is 16.1. The molecule has 2 aliphatic heterocycles. The Hall–Kier alpha value is -3.22. The monoisotopic (exact) mass is 376 g/mol. The zero-order valence-electron chi connectivity index (χ0n) is 16.1. The highest BCUT2D eigenvalue weighted by Gasteiger charge is 2.52. The van der Waals surface area contributed by atoms with Crippen molar-refractivity contribution >= 4 is 34.9 Å². The van der Waals surface area contributed by atoms with Gasteiger partial charge in [0.25, 0.3) is 5.91 Å². The number of allylic oxidation sites excluding steroid dienone is 1. The highest BCUT2D eigenvalue weighted by atomic mass is 16.2. The smallest absolute Gasteiger partial charge is 0.252 e. The zero-order chi connectivity index (χ0) is 19.9. The van der Waals surface area contributed by atoms with Gasteiger partial charge in [-0.05, 0) is 24.8 Å². The number of fused-ring (bicyclic) bond motifs is 3. The first kappa shape index (κ1) is 18.2. The van der Waals surface area contributed by atoms with E-state index in [1.807, 2.05) is 37.3 Å². The first-order valence-electron chi connectivity index (χ1n) is 9.52. The van der Waals surface area contributed by atoms with Crippen molar-refractivity contribution in [3.8, 4) is 0 Å². The van der Waals surface area contributed by atoms with E-state index in [9.17, 15) is 4.79 Å².